The maximum atomic E-state index is 11.0. The van der Waals surface area contributed by atoms with Crippen LogP contribution < -0.4 is 4.74 Å². The number of hydrogen-bond donors (Lipinski definition) is 0. The van der Waals surface area contributed by atoms with E-state index in [-0.39, 0.29) is 6.10 Å². The molecular formula is C32H56O4Si. The predicted octanol–water partition coefficient (Wildman–Crippen LogP) is 9.00. The Kier molecular flexibility index (Phi) is 15.0. The third kappa shape index (κ3) is 10.3. The molecule has 1 aromatic rings. The first-order valence-electron chi connectivity index (χ1n) is 14.4. The second-order valence-electron chi connectivity index (χ2n) is 12.2. The summed E-state index contributed by atoms with van der Waals surface area (Å²) in [5, 5.41) is 0. The molecule has 4 atom stereocenters. The molecule has 0 aliphatic heterocycles. The van der Waals surface area contributed by atoms with Crippen LogP contribution in [0, 0.1) is 17.8 Å². The monoisotopic (exact) mass is 532 g/mol. The molecule has 37 heavy (non-hydrogen) atoms. The van der Waals surface area contributed by atoms with Gasteiger partial charge in [-0.15, -0.1) is 0 Å². The molecule has 0 heterocycles. The Morgan fingerprint density at radius 1 is 0.865 bits per heavy atom. The van der Waals surface area contributed by atoms with Crippen molar-refractivity contribution in [2.45, 2.75) is 118 Å². The van der Waals surface area contributed by atoms with E-state index in [1.54, 1.807) is 7.11 Å². The number of aldehydes is 1. The van der Waals surface area contributed by atoms with Crippen molar-refractivity contribution in [2.24, 2.45) is 17.8 Å². The van der Waals surface area contributed by atoms with Gasteiger partial charge in [0.2, 0.25) is 8.32 Å². The summed E-state index contributed by atoms with van der Waals surface area (Å²) in [4.78, 5) is 11.0. The van der Waals surface area contributed by atoms with Gasteiger partial charge in [0, 0.05) is 5.92 Å². The van der Waals surface area contributed by atoms with Crippen LogP contribution in [0.1, 0.15) is 94.1 Å². The Hall–Kier alpha value is -1.43. The Morgan fingerprint density at radius 3 is 1.92 bits per heavy atom. The number of rotatable bonds is 18. The maximum Gasteiger partial charge on any atom is 0.200 e. The number of carbonyl (C=O) groups is 1. The number of benzene rings is 1. The fourth-order valence-electron chi connectivity index (χ4n) is 6.11. The minimum absolute atomic E-state index is 0.164. The van der Waals surface area contributed by atoms with Gasteiger partial charge in [-0.1, -0.05) is 86.9 Å². The second-order valence-corrected chi connectivity index (χ2v) is 17.6. The number of hydrogen-bond acceptors (Lipinski definition) is 4. The number of carbonyl (C=O) groups excluding carboxylic acids is 1. The molecule has 0 aliphatic carbocycles. The first kappa shape index (κ1) is 33.6. The van der Waals surface area contributed by atoms with Crippen molar-refractivity contribution in [3.05, 3.63) is 41.5 Å². The maximum absolute atomic E-state index is 11.0. The minimum Gasteiger partial charge on any atom is -0.497 e. The summed E-state index contributed by atoms with van der Waals surface area (Å²) in [7, 11) is -0.348. The first-order chi connectivity index (χ1) is 17.4. The predicted molar refractivity (Wildman–Crippen MR) is 160 cm³/mol. The van der Waals surface area contributed by atoms with E-state index in [2.05, 4.69) is 80.5 Å². The quantitative estimate of drug-likeness (QED) is 0.107. The summed E-state index contributed by atoms with van der Waals surface area (Å²) < 4.78 is 18.9. The van der Waals surface area contributed by atoms with Crippen molar-refractivity contribution < 1.29 is 18.7 Å². The van der Waals surface area contributed by atoms with Crippen molar-refractivity contribution in [1.29, 1.82) is 0 Å². The van der Waals surface area contributed by atoms with E-state index in [1.807, 2.05) is 19.1 Å². The highest BCUT2D eigenvalue weighted by molar-refractivity contribution is 6.77. The molecule has 0 saturated carbocycles. The topological polar surface area (TPSA) is 44.8 Å². The van der Waals surface area contributed by atoms with Gasteiger partial charge >= 0.3 is 0 Å². The molecule has 1 rings (SSSR count). The molecule has 0 saturated heterocycles. The van der Waals surface area contributed by atoms with Gasteiger partial charge in [-0.3, -0.25) is 4.79 Å². The minimum atomic E-state index is -2.04. The average molecular weight is 533 g/mol. The van der Waals surface area contributed by atoms with Crippen molar-refractivity contribution in [3.63, 3.8) is 0 Å². The summed E-state index contributed by atoms with van der Waals surface area (Å²) in [6.07, 6.45) is 6.54. The molecule has 0 bridgehead atoms. The van der Waals surface area contributed by atoms with Crippen LogP contribution in [-0.2, 0) is 20.6 Å². The Bertz CT molecular complexity index is 778. The number of methoxy groups -OCH3 is 1. The van der Waals surface area contributed by atoms with E-state index in [1.165, 1.54) is 0 Å². The molecule has 0 radical (unpaired) electrons. The second kappa shape index (κ2) is 16.5. The van der Waals surface area contributed by atoms with Gasteiger partial charge in [-0.2, -0.15) is 0 Å². The van der Waals surface area contributed by atoms with E-state index < -0.39 is 8.32 Å². The summed E-state index contributed by atoms with van der Waals surface area (Å²) in [6.45, 7) is 24.2. The number of ether oxygens (including phenoxy) is 2. The molecule has 5 heteroatoms. The molecule has 0 aliphatic rings. The highest BCUT2D eigenvalue weighted by atomic mass is 28.4. The fourth-order valence-corrected chi connectivity index (χ4v) is 11.9. The summed E-state index contributed by atoms with van der Waals surface area (Å²) in [5.41, 5.74) is 3.62. The molecule has 0 unspecified atom stereocenters. The molecule has 0 fully saturated rings. The largest absolute Gasteiger partial charge is 0.497 e. The zero-order chi connectivity index (χ0) is 28.2. The fraction of sp³-hybridized carbons (Fsp3) is 0.719. The normalized spacial score (nSPS) is 16.2. The van der Waals surface area contributed by atoms with Gasteiger partial charge in [0.1, 0.15) is 12.0 Å². The number of allylic oxidation sites excluding steroid dienone is 2. The Balaban J connectivity index is 2.99. The van der Waals surface area contributed by atoms with Crippen LogP contribution in [0.3, 0.4) is 0 Å². The lowest BCUT2D eigenvalue weighted by Gasteiger charge is -2.47. The van der Waals surface area contributed by atoms with Crippen LogP contribution in [0.2, 0.25) is 16.6 Å². The SMILES string of the molecule is COc1ccc(COC[C@@H](C)[C@@H](O[Si](C(C)C)(C(C)C)C(C)C)[C@@H](C)CCC[C@H](C)/C=C(\C)C=O)cc1. The molecule has 0 amide bonds. The van der Waals surface area contributed by atoms with Gasteiger partial charge in [0.05, 0.1) is 26.4 Å². The van der Waals surface area contributed by atoms with Gasteiger partial charge in [0.25, 0.3) is 0 Å². The van der Waals surface area contributed by atoms with Gasteiger partial charge in [-0.05, 0) is 71.5 Å². The van der Waals surface area contributed by atoms with Gasteiger partial charge < -0.3 is 13.9 Å². The lowest BCUT2D eigenvalue weighted by Crippen LogP contribution is -2.53. The van der Waals surface area contributed by atoms with Crippen LogP contribution >= 0.6 is 0 Å². The van der Waals surface area contributed by atoms with Crippen molar-refractivity contribution >= 4 is 14.6 Å². The third-order valence-electron chi connectivity index (χ3n) is 8.03. The first-order valence-corrected chi connectivity index (χ1v) is 16.5. The van der Waals surface area contributed by atoms with Crippen LogP contribution in [-0.4, -0.2) is 34.4 Å². The lowest BCUT2D eigenvalue weighted by molar-refractivity contribution is -0.104. The van der Waals surface area contributed by atoms with E-state index in [4.69, 9.17) is 13.9 Å². The molecule has 0 N–H and O–H groups in total. The highest BCUT2D eigenvalue weighted by Crippen LogP contribution is 2.45. The van der Waals surface area contributed by atoms with Crippen molar-refractivity contribution in [1.82, 2.24) is 0 Å². The van der Waals surface area contributed by atoms with Crippen LogP contribution in [0.4, 0.5) is 0 Å². The van der Waals surface area contributed by atoms with Crippen LogP contribution in [0.15, 0.2) is 35.9 Å². The Morgan fingerprint density at radius 2 is 1.43 bits per heavy atom. The molecule has 4 nitrogen and oxygen atoms in total. The van der Waals surface area contributed by atoms with Crippen LogP contribution in [0.25, 0.3) is 0 Å². The summed E-state index contributed by atoms with van der Waals surface area (Å²) in [5.74, 6) is 2.01. The Labute approximate surface area is 229 Å². The van der Waals surface area contributed by atoms with Crippen LogP contribution in [0.5, 0.6) is 5.75 Å². The van der Waals surface area contributed by atoms with Crippen molar-refractivity contribution in [2.75, 3.05) is 13.7 Å². The van der Waals surface area contributed by atoms with E-state index in [0.717, 1.165) is 42.4 Å². The molecular weight excluding hydrogens is 476 g/mol. The average Bonchev–Trinajstić information content (AvgIpc) is 2.84. The smallest absolute Gasteiger partial charge is 0.200 e. The standard InChI is InChI=1S/C32H56O4Si/c1-23(2)37(24(3)4,25(5)6)36-32(28(9)14-12-13-26(7)19-27(8)20-33)29(10)21-35-22-30-15-17-31(34-11)18-16-30/h15-20,23-26,28-29,32H,12-14,21-22H2,1-11H3/b27-19+/t26-,28-,29+,32-/m0/s1. The molecule has 1 aromatic carbocycles. The molecule has 0 spiro atoms. The third-order valence-corrected chi connectivity index (χ3v) is 14.1. The van der Waals surface area contributed by atoms with E-state index in [9.17, 15) is 4.79 Å². The van der Waals surface area contributed by atoms with E-state index in [0.29, 0.717) is 47.6 Å². The summed E-state index contributed by atoms with van der Waals surface area (Å²) in [6, 6.07) is 8.10. The van der Waals surface area contributed by atoms with E-state index >= 15 is 0 Å². The zero-order valence-corrected chi connectivity index (χ0v) is 26.7. The van der Waals surface area contributed by atoms with Gasteiger partial charge in [0.15, 0.2) is 0 Å². The summed E-state index contributed by atoms with van der Waals surface area (Å²) >= 11 is 0. The molecule has 212 valence electrons. The highest BCUT2D eigenvalue weighted by Gasteiger charge is 2.48. The lowest BCUT2D eigenvalue weighted by atomic mass is 9.88. The zero-order valence-electron chi connectivity index (χ0n) is 25.7. The molecule has 0 aromatic heterocycles. The van der Waals surface area contributed by atoms with Gasteiger partial charge in [-0.25, -0.2) is 0 Å². The van der Waals surface area contributed by atoms with Crippen molar-refractivity contribution in [3.8, 4) is 5.75 Å².